The SMILES string of the molecule is COCCCNC(=O)CN(C)C(=O)C(F)(F)F. The average molecular weight is 256 g/mol. The molecule has 0 fully saturated rings. The van der Waals surface area contributed by atoms with Crippen LogP contribution >= 0.6 is 0 Å². The number of alkyl halides is 3. The molecule has 0 saturated carbocycles. The van der Waals surface area contributed by atoms with E-state index in [9.17, 15) is 22.8 Å². The molecule has 0 rings (SSSR count). The molecule has 0 bridgehead atoms. The summed E-state index contributed by atoms with van der Waals surface area (Å²) in [7, 11) is 2.42. The second-order valence-electron chi connectivity index (χ2n) is 3.36. The first kappa shape index (κ1) is 15.7. The van der Waals surface area contributed by atoms with E-state index in [1.165, 1.54) is 7.11 Å². The van der Waals surface area contributed by atoms with Crippen molar-refractivity contribution in [2.45, 2.75) is 12.6 Å². The Bertz CT molecular complexity index is 269. The van der Waals surface area contributed by atoms with E-state index in [-0.39, 0.29) is 0 Å². The molecule has 17 heavy (non-hydrogen) atoms. The fourth-order valence-electron chi connectivity index (χ4n) is 1.00. The van der Waals surface area contributed by atoms with Crippen LogP contribution in [0.3, 0.4) is 0 Å². The predicted octanol–water partition coefficient (Wildman–Crippen LogP) is 0.160. The van der Waals surface area contributed by atoms with Gasteiger partial charge in [0.15, 0.2) is 0 Å². The molecule has 0 heterocycles. The first-order valence-corrected chi connectivity index (χ1v) is 4.87. The molecule has 0 spiro atoms. The number of carbonyl (C=O) groups excluding carboxylic acids is 2. The van der Waals surface area contributed by atoms with Gasteiger partial charge < -0.3 is 15.0 Å². The highest BCUT2D eigenvalue weighted by molar-refractivity contribution is 5.87. The zero-order chi connectivity index (χ0) is 13.5. The Morgan fingerprint density at radius 3 is 2.41 bits per heavy atom. The second kappa shape index (κ2) is 7.10. The van der Waals surface area contributed by atoms with Crippen LogP contribution in [-0.4, -0.2) is 56.7 Å². The molecule has 0 aromatic carbocycles. The number of rotatable bonds is 6. The van der Waals surface area contributed by atoms with Gasteiger partial charge in [0.05, 0.1) is 6.54 Å². The predicted molar refractivity (Wildman–Crippen MR) is 53.2 cm³/mol. The maximum Gasteiger partial charge on any atom is 0.471 e. The van der Waals surface area contributed by atoms with Crippen molar-refractivity contribution >= 4 is 11.8 Å². The number of amides is 2. The quantitative estimate of drug-likeness (QED) is 0.689. The summed E-state index contributed by atoms with van der Waals surface area (Å²) in [6.45, 7) is 0.115. The lowest BCUT2D eigenvalue weighted by atomic mass is 10.4. The summed E-state index contributed by atoms with van der Waals surface area (Å²) in [4.78, 5) is 22.1. The molecule has 5 nitrogen and oxygen atoms in total. The highest BCUT2D eigenvalue weighted by Gasteiger charge is 2.41. The van der Waals surface area contributed by atoms with Crippen molar-refractivity contribution in [3.63, 3.8) is 0 Å². The van der Waals surface area contributed by atoms with E-state index in [2.05, 4.69) is 5.32 Å². The molecule has 0 aliphatic carbocycles. The highest BCUT2D eigenvalue weighted by Crippen LogP contribution is 2.17. The van der Waals surface area contributed by atoms with E-state index in [1.54, 1.807) is 0 Å². The minimum absolute atomic E-state index is 0.292. The molecule has 0 aromatic rings. The van der Waals surface area contributed by atoms with E-state index < -0.39 is 24.5 Å². The first-order valence-electron chi connectivity index (χ1n) is 4.87. The number of likely N-dealkylation sites (N-methyl/N-ethyl adjacent to an activating group) is 1. The van der Waals surface area contributed by atoms with E-state index in [0.29, 0.717) is 24.5 Å². The Kier molecular flexibility index (Phi) is 6.55. The lowest BCUT2D eigenvalue weighted by molar-refractivity contribution is -0.184. The van der Waals surface area contributed by atoms with Crippen LogP contribution in [0.2, 0.25) is 0 Å². The Morgan fingerprint density at radius 1 is 1.35 bits per heavy atom. The summed E-state index contributed by atoms with van der Waals surface area (Å²) >= 11 is 0. The van der Waals surface area contributed by atoms with Crippen LogP contribution in [0, 0.1) is 0 Å². The second-order valence-corrected chi connectivity index (χ2v) is 3.36. The van der Waals surface area contributed by atoms with Crippen molar-refractivity contribution in [1.82, 2.24) is 10.2 Å². The number of hydrogen-bond donors (Lipinski definition) is 1. The number of nitrogens with zero attached hydrogens (tertiary/aromatic N) is 1. The van der Waals surface area contributed by atoms with Crippen molar-refractivity contribution in [2.75, 3.05) is 33.9 Å². The van der Waals surface area contributed by atoms with Gasteiger partial charge in [0, 0.05) is 27.3 Å². The highest BCUT2D eigenvalue weighted by atomic mass is 19.4. The number of hydrogen-bond acceptors (Lipinski definition) is 3. The standard InChI is InChI=1S/C9H15F3N2O3/c1-14(8(16)9(10,11)12)6-7(15)13-4-3-5-17-2/h3-6H2,1-2H3,(H,13,15). The Hall–Kier alpha value is -1.31. The molecule has 0 saturated heterocycles. The fraction of sp³-hybridized carbons (Fsp3) is 0.778. The van der Waals surface area contributed by atoms with Crippen molar-refractivity contribution < 1.29 is 27.5 Å². The molecule has 1 N–H and O–H groups in total. The molecular weight excluding hydrogens is 241 g/mol. The van der Waals surface area contributed by atoms with Crippen LogP contribution in [0.5, 0.6) is 0 Å². The van der Waals surface area contributed by atoms with Crippen LogP contribution in [0.1, 0.15) is 6.42 Å². The minimum atomic E-state index is -4.95. The van der Waals surface area contributed by atoms with Crippen LogP contribution in [0.15, 0.2) is 0 Å². The lowest BCUT2D eigenvalue weighted by Crippen LogP contribution is -2.44. The molecule has 2 amide bonds. The van der Waals surface area contributed by atoms with E-state index in [1.807, 2.05) is 0 Å². The van der Waals surface area contributed by atoms with Gasteiger partial charge in [-0.3, -0.25) is 9.59 Å². The van der Waals surface area contributed by atoms with Gasteiger partial charge in [0.1, 0.15) is 0 Å². The zero-order valence-electron chi connectivity index (χ0n) is 9.63. The maximum absolute atomic E-state index is 12.0. The van der Waals surface area contributed by atoms with Gasteiger partial charge in [-0.1, -0.05) is 0 Å². The fourth-order valence-corrected chi connectivity index (χ4v) is 1.00. The molecule has 0 aliphatic heterocycles. The molecule has 0 unspecified atom stereocenters. The summed E-state index contributed by atoms with van der Waals surface area (Å²) in [5.74, 6) is -2.68. The lowest BCUT2D eigenvalue weighted by Gasteiger charge is -2.17. The summed E-state index contributed by atoms with van der Waals surface area (Å²) in [6, 6.07) is 0. The maximum atomic E-state index is 12.0. The van der Waals surface area contributed by atoms with E-state index in [0.717, 1.165) is 7.05 Å². The summed E-state index contributed by atoms with van der Waals surface area (Å²) in [6.07, 6.45) is -4.40. The van der Waals surface area contributed by atoms with Crippen molar-refractivity contribution in [3.05, 3.63) is 0 Å². The van der Waals surface area contributed by atoms with Gasteiger partial charge in [-0.25, -0.2) is 0 Å². The van der Waals surface area contributed by atoms with Gasteiger partial charge in [-0.15, -0.1) is 0 Å². The summed E-state index contributed by atoms with van der Waals surface area (Å²) < 4.78 is 40.6. The van der Waals surface area contributed by atoms with Crippen LogP contribution in [-0.2, 0) is 14.3 Å². The topological polar surface area (TPSA) is 58.6 Å². The van der Waals surface area contributed by atoms with E-state index in [4.69, 9.17) is 4.74 Å². The molecule has 0 aromatic heterocycles. The molecule has 0 aliphatic rings. The average Bonchev–Trinajstić information content (AvgIpc) is 2.22. The zero-order valence-corrected chi connectivity index (χ0v) is 9.63. The molecule has 0 atom stereocenters. The first-order chi connectivity index (χ1) is 7.79. The minimum Gasteiger partial charge on any atom is -0.385 e. The summed E-state index contributed by atoms with van der Waals surface area (Å²) in [5, 5.41) is 2.37. The van der Waals surface area contributed by atoms with Crippen LogP contribution < -0.4 is 5.32 Å². The molecule has 100 valence electrons. The monoisotopic (exact) mass is 256 g/mol. The van der Waals surface area contributed by atoms with Gasteiger partial charge in [-0.2, -0.15) is 13.2 Å². The Labute approximate surface area is 96.9 Å². The Morgan fingerprint density at radius 2 is 1.94 bits per heavy atom. The van der Waals surface area contributed by atoms with Gasteiger partial charge >= 0.3 is 12.1 Å². The van der Waals surface area contributed by atoms with Crippen LogP contribution in [0.25, 0.3) is 0 Å². The third-order valence-electron chi connectivity index (χ3n) is 1.82. The summed E-state index contributed by atoms with van der Waals surface area (Å²) in [5.41, 5.74) is 0. The normalized spacial score (nSPS) is 11.1. The van der Waals surface area contributed by atoms with Gasteiger partial charge in [0.2, 0.25) is 5.91 Å². The van der Waals surface area contributed by atoms with Crippen LogP contribution in [0.4, 0.5) is 13.2 Å². The molecular formula is C9H15F3N2O3. The number of halogens is 3. The van der Waals surface area contributed by atoms with E-state index >= 15 is 0 Å². The number of methoxy groups -OCH3 is 1. The van der Waals surface area contributed by atoms with Gasteiger partial charge in [-0.05, 0) is 6.42 Å². The third-order valence-corrected chi connectivity index (χ3v) is 1.82. The smallest absolute Gasteiger partial charge is 0.385 e. The van der Waals surface area contributed by atoms with Crippen molar-refractivity contribution in [3.8, 4) is 0 Å². The number of nitrogens with one attached hydrogen (secondary N) is 1. The largest absolute Gasteiger partial charge is 0.471 e. The molecule has 8 heteroatoms. The van der Waals surface area contributed by atoms with Gasteiger partial charge in [0.25, 0.3) is 0 Å². The van der Waals surface area contributed by atoms with Crippen molar-refractivity contribution in [2.24, 2.45) is 0 Å². The molecule has 0 radical (unpaired) electrons. The third kappa shape index (κ3) is 6.77. The number of ether oxygens (including phenoxy) is 1. The van der Waals surface area contributed by atoms with Crippen molar-refractivity contribution in [1.29, 1.82) is 0 Å². The Balaban J connectivity index is 3.92. The number of carbonyl (C=O) groups is 2.